The minimum absolute atomic E-state index is 0.282. The van der Waals surface area contributed by atoms with Gasteiger partial charge in [0.15, 0.2) is 0 Å². The van der Waals surface area contributed by atoms with Gasteiger partial charge in [0.1, 0.15) is 10.7 Å². The Hall–Kier alpha value is -2.40. The average Bonchev–Trinajstić information content (AvgIpc) is 2.75. The number of nitrogens with zero attached hydrogens (tertiary/aromatic N) is 1. The molecule has 5 heteroatoms. The van der Waals surface area contributed by atoms with Gasteiger partial charge in [-0.3, -0.25) is 0 Å². The van der Waals surface area contributed by atoms with E-state index < -0.39 is 10.0 Å². The molecule has 0 aliphatic carbocycles. The molecule has 0 atom stereocenters. The summed E-state index contributed by atoms with van der Waals surface area (Å²) in [6.45, 7) is 9.76. The van der Waals surface area contributed by atoms with Crippen LogP contribution < -0.4 is 5.32 Å². The topological polar surface area (TPSA) is 58.5 Å². The van der Waals surface area contributed by atoms with Crippen LogP contribution in [0.25, 0.3) is 4.91 Å². The molecule has 1 N–H and O–H groups in total. The summed E-state index contributed by atoms with van der Waals surface area (Å²) < 4.78 is 29.3. The lowest BCUT2D eigenvalue weighted by Crippen LogP contribution is -2.13. The minimum atomic E-state index is -3.71. The molecule has 0 saturated heterocycles. The van der Waals surface area contributed by atoms with E-state index in [-0.39, 0.29) is 4.91 Å². The maximum absolute atomic E-state index is 12.7. The fourth-order valence-corrected chi connectivity index (χ4v) is 4.45. The number of sulfonamides is 1. The predicted molar refractivity (Wildman–Crippen MR) is 104 cm³/mol. The molecule has 0 aromatic heterocycles. The standard InChI is InChI=1S/C20H22N2O2S/c1-12-9-10-17(11-15(12)4)19-16(5)20(22-25(19,23)24)21-18-13(2)7-6-8-14(18)3/h6-11H,1-5H3,(H,21,22). The number of hydrogen-bond donors (Lipinski definition) is 1. The van der Waals surface area contributed by atoms with Crippen LogP contribution in [-0.2, 0) is 10.0 Å². The summed E-state index contributed by atoms with van der Waals surface area (Å²) in [7, 11) is -3.71. The molecule has 4 nitrogen and oxygen atoms in total. The third kappa shape index (κ3) is 3.12. The highest BCUT2D eigenvalue weighted by Gasteiger charge is 2.31. The van der Waals surface area contributed by atoms with Crippen molar-refractivity contribution in [3.05, 3.63) is 69.8 Å². The summed E-state index contributed by atoms with van der Waals surface area (Å²) in [5.74, 6) is 0.394. The lowest BCUT2D eigenvalue weighted by Gasteiger charge is -2.13. The third-order valence-corrected chi connectivity index (χ3v) is 6.14. The number of rotatable bonds is 2. The highest BCUT2D eigenvalue weighted by atomic mass is 32.2. The first kappa shape index (κ1) is 17.4. The fourth-order valence-electron chi connectivity index (χ4n) is 3.03. The van der Waals surface area contributed by atoms with E-state index in [0.717, 1.165) is 27.9 Å². The summed E-state index contributed by atoms with van der Waals surface area (Å²) >= 11 is 0. The molecular formula is C20H22N2O2S. The Kier molecular flexibility index (Phi) is 4.29. The van der Waals surface area contributed by atoms with E-state index in [4.69, 9.17) is 0 Å². The maximum atomic E-state index is 12.7. The Labute approximate surface area is 149 Å². The first-order valence-corrected chi connectivity index (χ1v) is 9.62. The monoisotopic (exact) mass is 354 g/mol. The molecular weight excluding hydrogens is 332 g/mol. The van der Waals surface area contributed by atoms with Gasteiger partial charge in [-0.15, -0.1) is 4.40 Å². The number of nitrogens with one attached hydrogen (secondary N) is 1. The Balaban J connectivity index is 2.08. The molecule has 2 aromatic carbocycles. The predicted octanol–water partition coefficient (Wildman–Crippen LogP) is 4.51. The van der Waals surface area contributed by atoms with Crippen molar-refractivity contribution in [2.75, 3.05) is 5.32 Å². The van der Waals surface area contributed by atoms with Crippen molar-refractivity contribution in [1.82, 2.24) is 0 Å². The first-order valence-electron chi connectivity index (χ1n) is 8.18. The second kappa shape index (κ2) is 6.15. The van der Waals surface area contributed by atoms with Crippen molar-refractivity contribution >= 4 is 26.5 Å². The summed E-state index contributed by atoms with van der Waals surface area (Å²) in [4.78, 5) is 0.282. The molecule has 25 heavy (non-hydrogen) atoms. The highest BCUT2D eigenvalue weighted by Crippen LogP contribution is 2.34. The molecule has 3 rings (SSSR count). The van der Waals surface area contributed by atoms with Crippen LogP contribution in [0, 0.1) is 27.7 Å². The van der Waals surface area contributed by atoms with Gasteiger partial charge in [0, 0.05) is 11.3 Å². The average molecular weight is 354 g/mol. The van der Waals surface area contributed by atoms with Crippen molar-refractivity contribution in [2.45, 2.75) is 34.6 Å². The molecule has 1 aliphatic rings. The normalized spacial score (nSPS) is 16.1. The second-order valence-corrected chi connectivity index (χ2v) is 8.10. The molecule has 0 amide bonds. The number of amidine groups is 1. The summed E-state index contributed by atoms with van der Waals surface area (Å²) in [5.41, 5.74) is 6.52. The third-order valence-electron chi connectivity index (χ3n) is 4.66. The Morgan fingerprint density at radius 1 is 0.840 bits per heavy atom. The van der Waals surface area contributed by atoms with Gasteiger partial charge in [-0.1, -0.05) is 36.4 Å². The van der Waals surface area contributed by atoms with Crippen LogP contribution in [0.1, 0.15) is 34.7 Å². The van der Waals surface area contributed by atoms with Crippen LogP contribution in [0.3, 0.4) is 0 Å². The SMILES string of the molecule is CC1=C(c2ccc(C)c(C)c2)S(=O)(=O)N=C1Nc1c(C)cccc1C. The number of para-hydroxylation sites is 1. The van der Waals surface area contributed by atoms with E-state index in [2.05, 4.69) is 9.71 Å². The van der Waals surface area contributed by atoms with Crippen molar-refractivity contribution in [3.8, 4) is 0 Å². The summed E-state index contributed by atoms with van der Waals surface area (Å²) in [6.07, 6.45) is 0. The molecule has 1 aliphatic heterocycles. The van der Waals surface area contributed by atoms with Crippen molar-refractivity contribution in [3.63, 3.8) is 0 Å². The fraction of sp³-hybridized carbons (Fsp3) is 0.250. The van der Waals surface area contributed by atoms with Crippen molar-refractivity contribution in [2.24, 2.45) is 4.40 Å². The van der Waals surface area contributed by atoms with E-state index in [0.29, 0.717) is 17.0 Å². The second-order valence-electron chi connectivity index (χ2n) is 6.56. The Morgan fingerprint density at radius 2 is 1.48 bits per heavy atom. The van der Waals surface area contributed by atoms with E-state index in [1.807, 2.05) is 64.1 Å². The number of aryl methyl sites for hydroxylation is 4. The molecule has 1 heterocycles. The molecule has 0 radical (unpaired) electrons. The molecule has 2 aromatic rings. The van der Waals surface area contributed by atoms with Gasteiger partial charge in [-0.05, 0) is 62.4 Å². The zero-order chi connectivity index (χ0) is 18.4. The van der Waals surface area contributed by atoms with Crippen LogP contribution in [0.5, 0.6) is 0 Å². The van der Waals surface area contributed by atoms with E-state index in [1.165, 1.54) is 0 Å². The summed E-state index contributed by atoms with van der Waals surface area (Å²) in [5, 5.41) is 3.22. The van der Waals surface area contributed by atoms with Gasteiger partial charge in [-0.2, -0.15) is 8.42 Å². The van der Waals surface area contributed by atoms with Crippen LogP contribution in [-0.4, -0.2) is 14.3 Å². The van der Waals surface area contributed by atoms with Crippen molar-refractivity contribution in [1.29, 1.82) is 0 Å². The minimum Gasteiger partial charge on any atom is -0.339 e. The number of benzene rings is 2. The lowest BCUT2D eigenvalue weighted by molar-refractivity contribution is 0.608. The van der Waals surface area contributed by atoms with Crippen LogP contribution >= 0.6 is 0 Å². The van der Waals surface area contributed by atoms with Gasteiger partial charge in [0.05, 0.1) is 0 Å². The van der Waals surface area contributed by atoms with E-state index in [1.54, 1.807) is 6.92 Å². The van der Waals surface area contributed by atoms with E-state index >= 15 is 0 Å². The molecule has 0 saturated carbocycles. The summed E-state index contributed by atoms with van der Waals surface area (Å²) in [6, 6.07) is 11.6. The van der Waals surface area contributed by atoms with E-state index in [9.17, 15) is 8.42 Å². The smallest absolute Gasteiger partial charge is 0.285 e. The molecule has 130 valence electrons. The first-order chi connectivity index (χ1) is 11.7. The molecule has 0 spiro atoms. The van der Waals surface area contributed by atoms with Crippen LogP contribution in [0.2, 0.25) is 0 Å². The molecule has 0 unspecified atom stereocenters. The maximum Gasteiger partial charge on any atom is 0.285 e. The van der Waals surface area contributed by atoms with Gasteiger partial charge in [-0.25, -0.2) is 0 Å². The van der Waals surface area contributed by atoms with Gasteiger partial charge >= 0.3 is 0 Å². The van der Waals surface area contributed by atoms with Gasteiger partial charge < -0.3 is 5.32 Å². The zero-order valence-electron chi connectivity index (χ0n) is 15.1. The quantitative estimate of drug-likeness (QED) is 0.863. The number of hydrogen-bond acceptors (Lipinski definition) is 3. The highest BCUT2D eigenvalue weighted by molar-refractivity contribution is 8.00. The number of anilines is 1. The molecule has 0 fully saturated rings. The molecule has 0 bridgehead atoms. The van der Waals surface area contributed by atoms with Gasteiger partial charge in [0.25, 0.3) is 10.0 Å². The zero-order valence-corrected chi connectivity index (χ0v) is 16.0. The Morgan fingerprint density at radius 3 is 2.08 bits per heavy atom. The lowest BCUT2D eigenvalue weighted by atomic mass is 10.0. The Bertz CT molecular complexity index is 1010. The van der Waals surface area contributed by atoms with Crippen LogP contribution in [0.15, 0.2) is 46.4 Å². The largest absolute Gasteiger partial charge is 0.339 e. The van der Waals surface area contributed by atoms with Crippen molar-refractivity contribution < 1.29 is 8.42 Å². The van der Waals surface area contributed by atoms with Crippen LogP contribution in [0.4, 0.5) is 5.69 Å². The van der Waals surface area contributed by atoms with Gasteiger partial charge in [0.2, 0.25) is 0 Å².